The third-order valence-corrected chi connectivity index (χ3v) is 4.26. The molecule has 0 radical (unpaired) electrons. The van der Waals surface area contributed by atoms with Crippen LogP contribution in [-0.2, 0) is 11.3 Å². The van der Waals surface area contributed by atoms with E-state index >= 15 is 0 Å². The molecule has 2 aromatic heterocycles. The van der Waals surface area contributed by atoms with E-state index in [0.717, 1.165) is 11.1 Å². The number of hydrogen-bond donors (Lipinski definition) is 2. The third-order valence-electron chi connectivity index (χ3n) is 3.44. The van der Waals surface area contributed by atoms with Gasteiger partial charge in [0.2, 0.25) is 11.8 Å². The number of nitrogens with zero attached hydrogens (tertiary/aromatic N) is 3. The molecule has 0 aliphatic carbocycles. The third kappa shape index (κ3) is 5.93. The van der Waals surface area contributed by atoms with Crippen molar-refractivity contribution >= 4 is 23.7 Å². The van der Waals surface area contributed by atoms with Crippen molar-refractivity contribution < 1.29 is 14.0 Å². The van der Waals surface area contributed by atoms with E-state index < -0.39 is 6.03 Å². The van der Waals surface area contributed by atoms with Gasteiger partial charge in [0.15, 0.2) is 0 Å². The summed E-state index contributed by atoms with van der Waals surface area (Å²) in [6, 6.07) is 12.5. The standard InChI is InChI=1S/C18H17N5O3S/c24-15(21-17(25)20-12-13-4-2-1-3-5-13)8-11-27-18-23-22-16(26-18)14-6-9-19-10-7-14/h1-7,9-10H,8,11-12H2,(H2,20,21,24,25). The summed E-state index contributed by atoms with van der Waals surface area (Å²) in [5.41, 5.74) is 1.73. The number of imide groups is 1. The molecule has 3 aromatic rings. The number of hydrogen-bond acceptors (Lipinski definition) is 7. The van der Waals surface area contributed by atoms with E-state index in [1.54, 1.807) is 24.5 Å². The van der Waals surface area contributed by atoms with Crippen LogP contribution in [0, 0.1) is 0 Å². The van der Waals surface area contributed by atoms with Crippen molar-refractivity contribution in [2.45, 2.75) is 18.2 Å². The van der Waals surface area contributed by atoms with Crippen LogP contribution in [0.1, 0.15) is 12.0 Å². The fourth-order valence-electron chi connectivity index (χ4n) is 2.12. The summed E-state index contributed by atoms with van der Waals surface area (Å²) in [6.45, 7) is 0.356. The molecule has 1 aromatic carbocycles. The SMILES string of the molecule is O=C(CCSc1nnc(-c2ccncc2)o1)NC(=O)NCc1ccccc1. The molecule has 0 unspecified atom stereocenters. The summed E-state index contributed by atoms with van der Waals surface area (Å²) >= 11 is 1.25. The molecule has 0 bridgehead atoms. The van der Waals surface area contributed by atoms with Crippen molar-refractivity contribution in [3.8, 4) is 11.5 Å². The zero-order valence-electron chi connectivity index (χ0n) is 14.3. The Kier molecular flexibility index (Phi) is 6.53. The number of aromatic nitrogens is 3. The fourth-order valence-corrected chi connectivity index (χ4v) is 2.82. The van der Waals surface area contributed by atoms with Crippen LogP contribution in [-0.4, -0.2) is 32.9 Å². The maximum atomic E-state index is 11.8. The molecule has 0 atom stereocenters. The number of amides is 3. The zero-order chi connectivity index (χ0) is 18.9. The van der Waals surface area contributed by atoms with Crippen molar-refractivity contribution in [2.24, 2.45) is 0 Å². The quantitative estimate of drug-likeness (QED) is 0.604. The van der Waals surface area contributed by atoms with Crippen molar-refractivity contribution in [1.82, 2.24) is 25.8 Å². The molecule has 3 amide bonds. The smallest absolute Gasteiger partial charge is 0.321 e. The number of urea groups is 1. The van der Waals surface area contributed by atoms with Crippen molar-refractivity contribution in [2.75, 3.05) is 5.75 Å². The van der Waals surface area contributed by atoms with E-state index in [1.165, 1.54) is 11.8 Å². The topological polar surface area (TPSA) is 110 Å². The first-order valence-electron chi connectivity index (χ1n) is 8.19. The Balaban J connectivity index is 1.37. The number of pyridine rings is 1. The lowest BCUT2D eigenvalue weighted by Gasteiger charge is -2.06. The lowest BCUT2D eigenvalue weighted by molar-refractivity contribution is -0.119. The van der Waals surface area contributed by atoms with Crippen LogP contribution < -0.4 is 10.6 Å². The van der Waals surface area contributed by atoms with Gasteiger partial charge in [-0.2, -0.15) is 0 Å². The monoisotopic (exact) mass is 383 g/mol. The maximum absolute atomic E-state index is 11.8. The minimum absolute atomic E-state index is 0.149. The Morgan fingerprint density at radius 1 is 1.04 bits per heavy atom. The predicted molar refractivity (Wildman–Crippen MR) is 99.7 cm³/mol. The number of rotatable bonds is 7. The van der Waals surface area contributed by atoms with Crippen molar-refractivity contribution in [1.29, 1.82) is 0 Å². The van der Waals surface area contributed by atoms with Gasteiger partial charge in [0, 0.05) is 36.7 Å². The van der Waals surface area contributed by atoms with Crippen LogP contribution in [0.5, 0.6) is 0 Å². The maximum Gasteiger partial charge on any atom is 0.321 e. The highest BCUT2D eigenvalue weighted by atomic mass is 32.2. The summed E-state index contributed by atoms with van der Waals surface area (Å²) in [5, 5.41) is 13.2. The van der Waals surface area contributed by atoms with Crippen LogP contribution >= 0.6 is 11.8 Å². The molecule has 2 heterocycles. The van der Waals surface area contributed by atoms with E-state index in [2.05, 4.69) is 25.8 Å². The molecule has 2 N–H and O–H groups in total. The van der Waals surface area contributed by atoms with Crippen molar-refractivity contribution in [3.63, 3.8) is 0 Å². The highest BCUT2D eigenvalue weighted by Crippen LogP contribution is 2.22. The summed E-state index contributed by atoms with van der Waals surface area (Å²) in [5.74, 6) is 0.432. The van der Waals surface area contributed by atoms with Crippen LogP contribution in [0.15, 0.2) is 64.5 Å². The van der Waals surface area contributed by atoms with Gasteiger partial charge >= 0.3 is 6.03 Å². The zero-order valence-corrected chi connectivity index (χ0v) is 15.1. The van der Waals surface area contributed by atoms with Crippen LogP contribution in [0.4, 0.5) is 4.79 Å². The molecule has 27 heavy (non-hydrogen) atoms. The van der Waals surface area contributed by atoms with Gasteiger partial charge in [0.05, 0.1) is 0 Å². The molecule has 0 aliphatic heterocycles. The molecule has 0 saturated heterocycles. The minimum Gasteiger partial charge on any atom is -0.411 e. The Labute approximate surface area is 159 Å². The summed E-state index contributed by atoms with van der Waals surface area (Å²) in [6.07, 6.45) is 3.43. The van der Waals surface area contributed by atoms with Gasteiger partial charge in [-0.25, -0.2) is 4.79 Å². The van der Waals surface area contributed by atoms with E-state index in [0.29, 0.717) is 23.4 Å². The molecular weight excluding hydrogens is 366 g/mol. The molecule has 3 rings (SSSR count). The second-order valence-electron chi connectivity index (χ2n) is 5.42. The van der Waals surface area contributed by atoms with Gasteiger partial charge in [0.1, 0.15) is 0 Å². The summed E-state index contributed by atoms with van der Waals surface area (Å²) in [7, 11) is 0. The first-order valence-corrected chi connectivity index (χ1v) is 9.17. The van der Waals surface area contributed by atoms with Crippen LogP contribution in [0.25, 0.3) is 11.5 Å². The average Bonchev–Trinajstić information content (AvgIpc) is 3.17. The second-order valence-corrected chi connectivity index (χ2v) is 6.47. The summed E-state index contributed by atoms with van der Waals surface area (Å²) < 4.78 is 5.52. The molecule has 0 aliphatic rings. The van der Waals surface area contributed by atoms with Crippen LogP contribution in [0.3, 0.4) is 0 Å². The molecule has 0 fully saturated rings. The minimum atomic E-state index is -0.522. The average molecular weight is 383 g/mol. The number of nitrogens with one attached hydrogen (secondary N) is 2. The lowest BCUT2D eigenvalue weighted by Crippen LogP contribution is -2.39. The van der Waals surface area contributed by atoms with Gasteiger partial charge in [-0.15, -0.1) is 10.2 Å². The number of carbonyl (C=O) groups excluding carboxylic acids is 2. The summed E-state index contributed by atoms with van der Waals surface area (Å²) in [4.78, 5) is 27.5. The van der Waals surface area contributed by atoms with Gasteiger partial charge < -0.3 is 9.73 Å². The van der Waals surface area contributed by atoms with Crippen molar-refractivity contribution in [3.05, 3.63) is 60.4 Å². The molecule has 9 heteroatoms. The fraction of sp³-hybridized carbons (Fsp3) is 0.167. The second kappa shape index (κ2) is 9.48. The van der Waals surface area contributed by atoms with Gasteiger partial charge in [0.25, 0.3) is 5.22 Å². The Hall–Kier alpha value is -3.20. The first-order chi connectivity index (χ1) is 13.2. The van der Waals surface area contributed by atoms with E-state index in [9.17, 15) is 9.59 Å². The molecule has 138 valence electrons. The van der Waals surface area contributed by atoms with Gasteiger partial charge in [-0.3, -0.25) is 15.1 Å². The molecule has 0 saturated carbocycles. The Morgan fingerprint density at radius 2 is 1.81 bits per heavy atom. The highest BCUT2D eigenvalue weighted by Gasteiger charge is 2.11. The Morgan fingerprint density at radius 3 is 2.59 bits per heavy atom. The first kappa shape index (κ1) is 18.6. The van der Waals surface area contributed by atoms with Gasteiger partial charge in [-0.1, -0.05) is 42.1 Å². The molecule has 8 nitrogen and oxygen atoms in total. The molecular formula is C18H17N5O3S. The predicted octanol–water partition coefficient (Wildman–Crippen LogP) is 2.64. The van der Waals surface area contributed by atoms with E-state index in [1.807, 2.05) is 30.3 Å². The highest BCUT2D eigenvalue weighted by molar-refractivity contribution is 7.99. The lowest BCUT2D eigenvalue weighted by atomic mass is 10.2. The van der Waals surface area contributed by atoms with Crippen LogP contribution in [0.2, 0.25) is 0 Å². The molecule has 0 spiro atoms. The largest absolute Gasteiger partial charge is 0.411 e. The van der Waals surface area contributed by atoms with E-state index in [-0.39, 0.29) is 12.3 Å². The Bertz CT molecular complexity index is 886. The number of benzene rings is 1. The number of carbonyl (C=O) groups is 2. The number of thioether (sulfide) groups is 1. The van der Waals surface area contributed by atoms with Gasteiger partial charge in [-0.05, 0) is 17.7 Å². The van der Waals surface area contributed by atoms with E-state index in [4.69, 9.17) is 4.42 Å². The normalized spacial score (nSPS) is 10.4.